The van der Waals surface area contributed by atoms with Gasteiger partial charge in [0.1, 0.15) is 0 Å². The highest BCUT2D eigenvalue weighted by molar-refractivity contribution is 5.55. The van der Waals surface area contributed by atoms with E-state index in [1.807, 2.05) is 6.07 Å². The van der Waals surface area contributed by atoms with Crippen LogP contribution < -0.4 is 5.73 Å². The van der Waals surface area contributed by atoms with Gasteiger partial charge in [-0.2, -0.15) is 0 Å². The molecule has 0 aliphatic carbocycles. The van der Waals surface area contributed by atoms with Crippen LogP contribution in [0.3, 0.4) is 0 Å². The van der Waals surface area contributed by atoms with Gasteiger partial charge in [0, 0.05) is 12.3 Å². The van der Waals surface area contributed by atoms with E-state index in [0.29, 0.717) is 18.3 Å². The van der Waals surface area contributed by atoms with Crippen molar-refractivity contribution >= 4 is 5.69 Å². The van der Waals surface area contributed by atoms with Crippen molar-refractivity contribution in [1.82, 2.24) is 0 Å². The standard InChI is InChI=1S/C14H23NO/c1-9(2)11-7-13(10(3)4)12(5-6-16)14(15)8-11/h7-10,16H,5-6,15H2,1-4H3. The molecule has 0 spiro atoms. The maximum Gasteiger partial charge on any atom is 0.0472 e. The van der Waals surface area contributed by atoms with Gasteiger partial charge in [0.25, 0.3) is 0 Å². The fourth-order valence-electron chi connectivity index (χ4n) is 1.99. The van der Waals surface area contributed by atoms with Crippen molar-refractivity contribution in [3.63, 3.8) is 0 Å². The maximum atomic E-state index is 9.07. The van der Waals surface area contributed by atoms with E-state index in [-0.39, 0.29) is 6.61 Å². The molecular weight excluding hydrogens is 198 g/mol. The Morgan fingerprint density at radius 2 is 1.75 bits per heavy atom. The third-order valence-electron chi connectivity index (χ3n) is 2.99. The van der Waals surface area contributed by atoms with E-state index >= 15 is 0 Å². The first kappa shape index (κ1) is 13.0. The molecule has 2 nitrogen and oxygen atoms in total. The zero-order valence-electron chi connectivity index (χ0n) is 10.7. The highest BCUT2D eigenvalue weighted by atomic mass is 16.2. The van der Waals surface area contributed by atoms with Crippen LogP contribution in [-0.4, -0.2) is 11.7 Å². The molecule has 0 bridgehead atoms. The van der Waals surface area contributed by atoms with Crippen molar-refractivity contribution in [3.8, 4) is 0 Å². The molecule has 0 aliphatic rings. The molecule has 0 fully saturated rings. The van der Waals surface area contributed by atoms with Gasteiger partial charge in [0.15, 0.2) is 0 Å². The molecule has 3 N–H and O–H groups in total. The lowest BCUT2D eigenvalue weighted by Crippen LogP contribution is -2.06. The second-order valence-corrected chi connectivity index (χ2v) is 4.96. The molecule has 0 saturated carbocycles. The zero-order valence-corrected chi connectivity index (χ0v) is 10.7. The number of hydrogen-bond donors (Lipinski definition) is 2. The predicted octanol–water partition coefficient (Wildman–Crippen LogP) is 3.05. The molecule has 16 heavy (non-hydrogen) atoms. The summed E-state index contributed by atoms with van der Waals surface area (Å²) in [5.74, 6) is 0.936. The molecule has 1 aromatic carbocycles. The predicted molar refractivity (Wildman–Crippen MR) is 69.8 cm³/mol. The third kappa shape index (κ3) is 2.76. The number of benzene rings is 1. The summed E-state index contributed by atoms with van der Waals surface area (Å²) in [6, 6.07) is 4.28. The Balaban J connectivity index is 3.27. The van der Waals surface area contributed by atoms with Gasteiger partial charge in [0.2, 0.25) is 0 Å². The van der Waals surface area contributed by atoms with Crippen molar-refractivity contribution in [2.45, 2.75) is 46.0 Å². The van der Waals surface area contributed by atoms with Gasteiger partial charge in [0.05, 0.1) is 0 Å². The fourth-order valence-corrected chi connectivity index (χ4v) is 1.99. The van der Waals surface area contributed by atoms with E-state index in [0.717, 1.165) is 11.3 Å². The number of nitrogen functional groups attached to an aromatic ring is 1. The summed E-state index contributed by atoms with van der Waals surface area (Å²) in [5.41, 5.74) is 10.6. The first-order valence-electron chi connectivity index (χ1n) is 6.00. The van der Waals surface area contributed by atoms with E-state index in [4.69, 9.17) is 10.8 Å². The molecule has 1 aromatic rings. The molecule has 0 amide bonds. The Morgan fingerprint density at radius 1 is 1.12 bits per heavy atom. The van der Waals surface area contributed by atoms with E-state index in [2.05, 4.69) is 33.8 Å². The van der Waals surface area contributed by atoms with E-state index in [1.54, 1.807) is 0 Å². The van der Waals surface area contributed by atoms with Crippen molar-refractivity contribution < 1.29 is 5.11 Å². The zero-order chi connectivity index (χ0) is 12.3. The summed E-state index contributed by atoms with van der Waals surface area (Å²) in [7, 11) is 0. The largest absolute Gasteiger partial charge is 0.398 e. The van der Waals surface area contributed by atoms with Crippen LogP contribution in [0.4, 0.5) is 5.69 Å². The normalized spacial score (nSPS) is 11.4. The van der Waals surface area contributed by atoms with Gasteiger partial charge < -0.3 is 10.8 Å². The van der Waals surface area contributed by atoms with Gasteiger partial charge in [-0.3, -0.25) is 0 Å². The van der Waals surface area contributed by atoms with E-state index < -0.39 is 0 Å². The third-order valence-corrected chi connectivity index (χ3v) is 2.99. The van der Waals surface area contributed by atoms with Crippen LogP contribution in [0.15, 0.2) is 12.1 Å². The van der Waals surface area contributed by atoms with Crippen LogP contribution in [0, 0.1) is 0 Å². The van der Waals surface area contributed by atoms with Crippen LogP contribution in [0.5, 0.6) is 0 Å². The smallest absolute Gasteiger partial charge is 0.0472 e. The van der Waals surface area contributed by atoms with Gasteiger partial charge >= 0.3 is 0 Å². The molecule has 0 unspecified atom stereocenters. The average molecular weight is 221 g/mol. The lowest BCUT2D eigenvalue weighted by atomic mass is 9.89. The summed E-state index contributed by atoms with van der Waals surface area (Å²) in [6.45, 7) is 8.83. The summed E-state index contributed by atoms with van der Waals surface area (Å²) in [6.07, 6.45) is 0.651. The molecule has 90 valence electrons. The topological polar surface area (TPSA) is 46.2 Å². The Kier molecular flexibility index (Phi) is 4.36. The lowest BCUT2D eigenvalue weighted by Gasteiger charge is -2.18. The number of aliphatic hydroxyl groups is 1. The van der Waals surface area contributed by atoms with Gasteiger partial charge in [-0.25, -0.2) is 0 Å². The quantitative estimate of drug-likeness (QED) is 0.768. The van der Waals surface area contributed by atoms with Crippen molar-refractivity contribution in [1.29, 1.82) is 0 Å². The van der Waals surface area contributed by atoms with Crippen LogP contribution >= 0.6 is 0 Å². The molecule has 1 rings (SSSR count). The Morgan fingerprint density at radius 3 is 2.19 bits per heavy atom. The van der Waals surface area contributed by atoms with Gasteiger partial charge in [-0.1, -0.05) is 33.8 Å². The van der Waals surface area contributed by atoms with Crippen LogP contribution in [-0.2, 0) is 6.42 Å². The van der Waals surface area contributed by atoms with Crippen LogP contribution in [0.1, 0.15) is 56.2 Å². The molecular formula is C14H23NO. The van der Waals surface area contributed by atoms with E-state index in [9.17, 15) is 0 Å². The number of anilines is 1. The second kappa shape index (κ2) is 5.35. The Hall–Kier alpha value is -1.02. The lowest BCUT2D eigenvalue weighted by molar-refractivity contribution is 0.299. The SMILES string of the molecule is CC(C)c1cc(N)c(CCO)c(C(C)C)c1. The van der Waals surface area contributed by atoms with Gasteiger partial charge in [-0.15, -0.1) is 0 Å². The van der Waals surface area contributed by atoms with Crippen molar-refractivity contribution in [3.05, 3.63) is 28.8 Å². The van der Waals surface area contributed by atoms with E-state index in [1.165, 1.54) is 11.1 Å². The highest BCUT2D eigenvalue weighted by Crippen LogP contribution is 2.29. The minimum atomic E-state index is 0.158. The van der Waals surface area contributed by atoms with Crippen LogP contribution in [0.25, 0.3) is 0 Å². The molecule has 2 heteroatoms. The Labute approximate surface area is 98.5 Å². The molecule has 0 radical (unpaired) electrons. The highest BCUT2D eigenvalue weighted by Gasteiger charge is 2.12. The fraction of sp³-hybridized carbons (Fsp3) is 0.571. The summed E-state index contributed by atoms with van der Waals surface area (Å²) in [4.78, 5) is 0. The summed E-state index contributed by atoms with van der Waals surface area (Å²) >= 11 is 0. The first-order chi connectivity index (χ1) is 7.47. The van der Waals surface area contributed by atoms with Gasteiger partial charge in [-0.05, 0) is 41.0 Å². The number of hydrogen-bond acceptors (Lipinski definition) is 2. The molecule has 0 saturated heterocycles. The van der Waals surface area contributed by atoms with Crippen LogP contribution in [0.2, 0.25) is 0 Å². The monoisotopic (exact) mass is 221 g/mol. The number of aliphatic hydroxyl groups excluding tert-OH is 1. The number of rotatable bonds is 4. The molecule has 0 heterocycles. The maximum absolute atomic E-state index is 9.07. The summed E-state index contributed by atoms with van der Waals surface area (Å²) in [5, 5.41) is 9.07. The first-order valence-corrected chi connectivity index (χ1v) is 6.00. The second-order valence-electron chi connectivity index (χ2n) is 4.96. The number of nitrogens with two attached hydrogens (primary N) is 1. The summed E-state index contributed by atoms with van der Waals surface area (Å²) < 4.78 is 0. The average Bonchev–Trinajstić information content (AvgIpc) is 2.20. The minimum absolute atomic E-state index is 0.158. The molecule has 0 aromatic heterocycles. The van der Waals surface area contributed by atoms with Crippen molar-refractivity contribution in [2.24, 2.45) is 0 Å². The Bertz CT molecular complexity index is 356. The molecule has 0 atom stereocenters. The molecule has 0 aliphatic heterocycles. The minimum Gasteiger partial charge on any atom is -0.398 e. The van der Waals surface area contributed by atoms with Crippen molar-refractivity contribution in [2.75, 3.05) is 12.3 Å².